The van der Waals surface area contributed by atoms with E-state index in [1.165, 1.54) is 5.69 Å². The van der Waals surface area contributed by atoms with Crippen molar-refractivity contribution in [2.45, 2.75) is 32.9 Å². The van der Waals surface area contributed by atoms with E-state index in [2.05, 4.69) is 27.7 Å². The van der Waals surface area contributed by atoms with Crippen molar-refractivity contribution in [3.05, 3.63) is 18.0 Å². The van der Waals surface area contributed by atoms with Crippen molar-refractivity contribution in [3.8, 4) is 0 Å². The molecular weight excluding hydrogens is 202 g/mol. The fourth-order valence-electron chi connectivity index (χ4n) is 2.34. The Morgan fingerprint density at radius 2 is 2.19 bits per heavy atom. The van der Waals surface area contributed by atoms with Gasteiger partial charge in [0.1, 0.15) is 0 Å². The monoisotopic (exact) mass is 223 g/mol. The van der Waals surface area contributed by atoms with Gasteiger partial charge < -0.3 is 5.11 Å². The molecule has 16 heavy (non-hydrogen) atoms. The van der Waals surface area contributed by atoms with E-state index in [1.54, 1.807) is 0 Å². The van der Waals surface area contributed by atoms with Gasteiger partial charge in [-0.3, -0.25) is 9.58 Å². The fourth-order valence-corrected chi connectivity index (χ4v) is 2.34. The molecule has 0 saturated carbocycles. The second-order valence-electron chi connectivity index (χ2n) is 4.54. The van der Waals surface area contributed by atoms with Crippen molar-refractivity contribution in [1.29, 1.82) is 0 Å². The van der Waals surface area contributed by atoms with Crippen molar-refractivity contribution in [2.75, 3.05) is 19.7 Å². The van der Waals surface area contributed by atoms with E-state index in [9.17, 15) is 0 Å². The minimum absolute atomic E-state index is 0.348. The van der Waals surface area contributed by atoms with Crippen molar-refractivity contribution in [3.63, 3.8) is 0 Å². The summed E-state index contributed by atoms with van der Waals surface area (Å²) in [6.45, 7) is 6.59. The summed E-state index contributed by atoms with van der Waals surface area (Å²) < 4.78 is 2.05. The Hall–Kier alpha value is -0.870. The van der Waals surface area contributed by atoms with Crippen LogP contribution >= 0.6 is 0 Å². The molecule has 1 saturated heterocycles. The van der Waals surface area contributed by atoms with Gasteiger partial charge in [-0.1, -0.05) is 0 Å². The first kappa shape index (κ1) is 11.6. The number of aromatic nitrogens is 2. The summed E-state index contributed by atoms with van der Waals surface area (Å²) >= 11 is 0. The molecule has 0 atom stereocenters. The summed E-state index contributed by atoms with van der Waals surface area (Å²) in [6, 6.07) is 2.10. The van der Waals surface area contributed by atoms with Crippen LogP contribution in [0.25, 0.3) is 0 Å². The van der Waals surface area contributed by atoms with Crippen LogP contribution in [0, 0.1) is 5.92 Å². The number of nitrogens with zero attached hydrogens (tertiary/aromatic N) is 3. The van der Waals surface area contributed by atoms with E-state index in [4.69, 9.17) is 5.11 Å². The van der Waals surface area contributed by atoms with Crippen LogP contribution in [0.4, 0.5) is 0 Å². The van der Waals surface area contributed by atoms with Gasteiger partial charge in [-0.15, -0.1) is 0 Å². The zero-order valence-corrected chi connectivity index (χ0v) is 9.97. The van der Waals surface area contributed by atoms with Crippen molar-refractivity contribution < 1.29 is 5.11 Å². The number of likely N-dealkylation sites (tertiary alicyclic amines) is 1. The van der Waals surface area contributed by atoms with Gasteiger partial charge in [0.25, 0.3) is 0 Å². The standard InChI is InChI=1S/C12H21N3O/c1-2-15-12(3-6-13-15)9-14-7-4-11(10-16)5-8-14/h3,6,11,16H,2,4-5,7-10H2,1H3. The maximum Gasteiger partial charge on any atom is 0.0524 e. The molecule has 0 unspecified atom stereocenters. The summed E-state index contributed by atoms with van der Waals surface area (Å²) in [4.78, 5) is 2.45. The highest BCUT2D eigenvalue weighted by Crippen LogP contribution is 2.18. The van der Waals surface area contributed by atoms with Crippen LogP contribution in [-0.4, -0.2) is 39.5 Å². The van der Waals surface area contributed by atoms with E-state index >= 15 is 0 Å². The first-order valence-electron chi connectivity index (χ1n) is 6.17. The van der Waals surface area contributed by atoms with Crippen molar-refractivity contribution in [2.24, 2.45) is 5.92 Å². The number of hydrogen-bond acceptors (Lipinski definition) is 3. The second-order valence-corrected chi connectivity index (χ2v) is 4.54. The Labute approximate surface area is 96.9 Å². The molecule has 4 nitrogen and oxygen atoms in total. The highest BCUT2D eigenvalue weighted by atomic mass is 16.3. The number of aliphatic hydroxyl groups excluding tert-OH is 1. The lowest BCUT2D eigenvalue weighted by molar-refractivity contribution is 0.125. The minimum atomic E-state index is 0.348. The van der Waals surface area contributed by atoms with Gasteiger partial charge >= 0.3 is 0 Å². The number of piperidine rings is 1. The molecule has 0 aromatic carbocycles. The molecule has 1 aromatic heterocycles. The largest absolute Gasteiger partial charge is 0.396 e. The summed E-state index contributed by atoms with van der Waals surface area (Å²) in [5.74, 6) is 0.521. The summed E-state index contributed by atoms with van der Waals surface area (Å²) in [5, 5.41) is 13.4. The number of aryl methyl sites for hydroxylation is 1. The molecule has 90 valence electrons. The number of hydrogen-bond donors (Lipinski definition) is 1. The van der Waals surface area contributed by atoms with E-state index < -0.39 is 0 Å². The van der Waals surface area contributed by atoms with E-state index in [0.29, 0.717) is 12.5 Å². The highest BCUT2D eigenvalue weighted by molar-refractivity contribution is 5.00. The molecular formula is C12H21N3O. The predicted molar refractivity (Wildman–Crippen MR) is 63.0 cm³/mol. The summed E-state index contributed by atoms with van der Waals surface area (Å²) in [5.41, 5.74) is 1.30. The molecule has 0 radical (unpaired) electrons. The number of aliphatic hydroxyl groups is 1. The van der Waals surface area contributed by atoms with Crippen molar-refractivity contribution >= 4 is 0 Å². The summed E-state index contributed by atoms with van der Waals surface area (Å²) in [6.07, 6.45) is 4.12. The first-order valence-corrected chi connectivity index (χ1v) is 6.17. The maximum absolute atomic E-state index is 9.08. The van der Waals surface area contributed by atoms with E-state index in [-0.39, 0.29) is 0 Å². The quantitative estimate of drug-likeness (QED) is 0.831. The predicted octanol–water partition coefficient (Wildman–Crippen LogP) is 1.11. The maximum atomic E-state index is 9.08. The zero-order valence-electron chi connectivity index (χ0n) is 9.97. The molecule has 0 amide bonds. The molecule has 1 aromatic rings. The topological polar surface area (TPSA) is 41.3 Å². The normalized spacial score (nSPS) is 19.1. The van der Waals surface area contributed by atoms with Crippen LogP contribution in [0.15, 0.2) is 12.3 Å². The summed E-state index contributed by atoms with van der Waals surface area (Å²) in [7, 11) is 0. The van der Waals surface area contributed by atoms with Gasteiger partial charge in [0.2, 0.25) is 0 Å². The van der Waals surface area contributed by atoms with E-state index in [1.807, 2.05) is 6.20 Å². The third kappa shape index (κ3) is 2.62. The average Bonchev–Trinajstić information content (AvgIpc) is 2.77. The molecule has 0 bridgehead atoms. The molecule has 1 fully saturated rings. The molecule has 1 aliphatic rings. The Morgan fingerprint density at radius 3 is 2.81 bits per heavy atom. The Bertz CT molecular complexity index is 316. The van der Waals surface area contributed by atoms with Crippen molar-refractivity contribution in [1.82, 2.24) is 14.7 Å². The Kier molecular flexibility index (Phi) is 3.96. The number of rotatable bonds is 4. The lowest BCUT2D eigenvalue weighted by atomic mass is 9.98. The molecule has 0 spiro atoms. The smallest absolute Gasteiger partial charge is 0.0524 e. The van der Waals surface area contributed by atoms with Gasteiger partial charge in [0.15, 0.2) is 0 Å². The molecule has 2 heterocycles. The van der Waals surface area contributed by atoms with Crippen LogP contribution in [0.5, 0.6) is 0 Å². The van der Waals surface area contributed by atoms with Gasteiger partial charge in [0.05, 0.1) is 5.69 Å². The fraction of sp³-hybridized carbons (Fsp3) is 0.750. The highest BCUT2D eigenvalue weighted by Gasteiger charge is 2.19. The van der Waals surface area contributed by atoms with Gasteiger partial charge in [-0.2, -0.15) is 5.10 Å². The third-order valence-corrected chi connectivity index (χ3v) is 3.45. The van der Waals surface area contributed by atoms with E-state index in [0.717, 1.165) is 39.0 Å². The molecule has 0 aliphatic carbocycles. The molecule has 1 aliphatic heterocycles. The zero-order chi connectivity index (χ0) is 11.4. The van der Waals surface area contributed by atoms with Crippen LogP contribution in [-0.2, 0) is 13.1 Å². The molecule has 1 N–H and O–H groups in total. The molecule has 4 heteroatoms. The van der Waals surface area contributed by atoms with Gasteiger partial charge in [-0.25, -0.2) is 0 Å². The van der Waals surface area contributed by atoms with Crippen LogP contribution < -0.4 is 0 Å². The SMILES string of the molecule is CCn1nccc1CN1CCC(CO)CC1. The Morgan fingerprint density at radius 1 is 1.44 bits per heavy atom. The van der Waals surface area contributed by atoms with Crippen LogP contribution in [0.1, 0.15) is 25.5 Å². The van der Waals surface area contributed by atoms with Crippen LogP contribution in [0.3, 0.4) is 0 Å². The lowest BCUT2D eigenvalue weighted by Gasteiger charge is -2.30. The second kappa shape index (κ2) is 5.46. The van der Waals surface area contributed by atoms with Gasteiger partial charge in [-0.05, 0) is 44.8 Å². The van der Waals surface area contributed by atoms with Crippen LogP contribution in [0.2, 0.25) is 0 Å². The minimum Gasteiger partial charge on any atom is -0.396 e. The average molecular weight is 223 g/mol. The lowest BCUT2D eigenvalue weighted by Crippen LogP contribution is -2.34. The first-order chi connectivity index (χ1) is 7.83. The third-order valence-electron chi connectivity index (χ3n) is 3.45. The van der Waals surface area contributed by atoms with Gasteiger partial charge in [0, 0.05) is 25.9 Å². The molecule has 2 rings (SSSR count). The Balaban J connectivity index is 1.87.